The van der Waals surface area contributed by atoms with E-state index >= 15 is 0 Å². The molecule has 130 valence electrons. The number of benzene rings is 1. The van der Waals surface area contributed by atoms with E-state index < -0.39 is 10.0 Å². The van der Waals surface area contributed by atoms with Gasteiger partial charge >= 0.3 is 0 Å². The molecular weight excluding hydrogens is 392 g/mol. The van der Waals surface area contributed by atoms with E-state index in [1.165, 1.54) is 16.4 Å². The molecule has 0 spiro atoms. The Morgan fingerprint density at radius 2 is 1.79 bits per heavy atom. The van der Waals surface area contributed by atoms with Gasteiger partial charge in [-0.2, -0.15) is 4.31 Å². The first-order valence-electron chi connectivity index (χ1n) is 7.72. The van der Waals surface area contributed by atoms with Crippen LogP contribution in [0.3, 0.4) is 0 Å². The van der Waals surface area contributed by atoms with Crippen molar-refractivity contribution in [3.8, 4) is 0 Å². The maximum absolute atomic E-state index is 12.7. The lowest BCUT2D eigenvalue weighted by Gasteiger charge is -2.21. The first kappa shape index (κ1) is 18.9. The molecule has 0 radical (unpaired) electrons. The molecule has 0 bridgehead atoms. The van der Waals surface area contributed by atoms with Crippen LogP contribution in [0, 0.1) is 0 Å². The molecule has 0 unspecified atom stereocenters. The van der Waals surface area contributed by atoms with Gasteiger partial charge in [0.2, 0.25) is 10.0 Å². The lowest BCUT2D eigenvalue weighted by atomic mass is 10.2. The minimum Gasteiger partial charge on any atom is -0.331 e. The Labute approximate surface area is 151 Å². The summed E-state index contributed by atoms with van der Waals surface area (Å²) in [5.41, 5.74) is 0.318. The molecule has 1 fully saturated rings. The van der Waals surface area contributed by atoms with Crippen molar-refractivity contribution in [1.29, 1.82) is 0 Å². The molecule has 1 amide bonds. The van der Waals surface area contributed by atoms with Crippen LogP contribution in [0.25, 0.3) is 0 Å². The number of carbonyl (C=O) groups is 1. The van der Waals surface area contributed by atoms with Crippen LogP contribution in [-0.4, -0.2) is 49.7 Å². The van der Waals surface area contributed by atoms with E-state index in [1.807, 2.05) is 0 Å². The summed E-state index contributed by atoms with van der Waals surface area (Å²) in [6.45, 7) is 9.08. The maximum Gasteiger partial charge on any atom is 0.255 e. The van der Waals surface area contributed by atoms with Gasteiger partial charge in [0, 0.05) is 30.7 Å². The van der Waals surface area contributed by atoms with E-state index in [0.29, 0.717) is 36.2 Å². The smallest absolute Gasteiger partial charge is 0.255 e. The van der Waals surface area contributed by atoms with Crippen molar-refractivity contribution in [1.82, 2.24) is 9.21 Å². The average molecular weight is 413 g/mol. The molecule has 1 aliphatic heterocycles. The molecular formula is C17H21BrN2O3S. The van der Waals surface area contributed by atoms with Crippen molar-refractivity contribution in [2.45, 2.75) is 17.7 Å². The molecule has 0 saturated carbocycles. The standard InChI is InChI=1S/C17H21BrN2O3S/c1-3-9-19(10-4-2)17(21)15-13-14(7-8-16(15)18)24(22,23)20-11-5-6-12-20/h3-4,7-8,13H,1-2,5-6,9-12H2. The van der Waals surface area contributed by atoms with Crippen LogP contribution in [0.2, 0.25) is 0 Å². The van der Waals surface area contributed by atoms with Crippen LogP contribution in [-0.2, 0) is 10.0 Å². The first-order chi connectivity index (χ1) is 11.4. The minimum absolute atomic E-state index is 0.146. The minimum atomic E-state index is -3.56. The van der Waals surface area contributed by atoms with E-state index in [9.17, 15) is 13.2 Å². The second-order valence-corrected chi connectivity index (χ2v) is 8.33. The second kappa shape index (κ2) is 8.09. The van der Waals surface area contributed by atoms with Crippen molar-refractivity contribution < 1.29 is 13.2 Å². The Morgan fingerprint density at radius 3 is 2.33 bits per heavy atom. The Kier molecular flexibility index (Phi) is 6.37. The van der Waals surface area contributed by atoms with Gasteiger partial charge in [0.25, 0.3) is 5.91 Å². The van der Waals surface area contributed by atoms with Gasteiger partial charge in [-0.1, -0.05) is 12.2 Å². The highest BCUT2D eigenvalue weighted by Gasteiger charge is 2.28. The fourth-order valence-corrected chi connectivity index (χ4v) is 4.59. The van der Waals surface area contributed by atoms with Crippen LogP contribution < -0.4 is 0 Å². The molecule has 0 aromatic heterocycles. The van der Waals surface area contributed by atoms with E-state index in [2.05, 4.69) is 29.1 Å². The van der Waals surface area contributed by atoms with Crippen molar-refractivity contribution in [3.63, 3.8) is 0 Å². The Morgan fingerprint density at radius 1 is 1.21 bits per heavy atom. The number of hydrogen-bond acceptors (Lipinski definition) is 3. The second-order valence-electron chi connectivity index (χ2n) is 5.54. The Hall–Kier alpha value is -1.44. The number of amides is 1. The third-order valence-corrected chi connectivity index (χ3v) is 6.44. The van der Waals surface area contributed by atoms with Crippen LogP contribution in [0.1, 0.15) is 23.2 Å². The zero-order valence-electron chi connectivity index (χ0n) is 13.4. The summed E-state index contributed by atoms with van der Waals surface area (Å²) in [6, 6.07) is 4.58. The lowest BCUT2D eigenvalue weighted by Crippen LogP contribution is -2.32. The van der Waals surface area contributed by atoms with Crippen molar-refractivity contribution in [3.05, 3.63) is 53.5 Å². The molecule has 1 aromatic rings. The van der Waals surface area contributed by atoms with Crippen molar-refractivity contribution >= 4 is 31.9 Å². The topological polar surface area (TPSA) is 57.7 Å². The number of halogens is 1. The molecule has 1 heterocycles. The van der Waals surface area contributed by atoms with E-state index in [0.717, 1.165) is 12.8 Å². The third kappa shape index (κ3) is 3.96. The van der Waals surface area contributed by atoms with Crippen molar-refractivity contribution in [2.75, 3.05) is 26.2 Å². The molecule has 0 N–H and O–H groups in total. The van der Waals surface area contributed by atoms with Crippen molar-refractivity contribution in [2.24, 2.45) is 0 Å². The molecule has 1 aliphatic rings. The van der Waals surface area contributed by atoms with Gasteiger partial charge in [0.1, 0.15) is 0 Å². The van der Waals surface area contributed by atoms with Crippen LogP contribution in [0.5, 0.6) is 0 Å². The molecule has 2 rings (SSSR count). The number of sulfonamides is 1. The largest absolute Gasteiger partial charge is 0.331 e. The molecule has 0 atom stereocenters. The van der Waals surface area contributed by atoms with Crippen LogP contribution in [0.4, 0.5) is 0 Å². The number of rotatable bonds is 7. The average Bonchev–Trinajstić information content (AvgIpc) is 3.09. The number of hydrogen-bond donors (Lipinski definition) is 0. The summed E-state index contributed by atoms with van der Waals surface area (Å²) in [6.07, 6.45) is 4.99. The van der Waals surface area contributed by atoms with Gasteiger partial charge in [-0.05, 0) is 47.0 Å². The molecule has 7 heteroatoms. The summed E-state index contributed by atoms with van der Waals surface area (Å²) in [5, 5.41) is 0. The van der Waals surface area contributed by atoms with Gasteiger partial charge in [0.15, 0.2) is 0 Å². The summed E-state index contributed by atoms with van der Waals surface area (Å²) < 4.78 is 27.4. The van der Waals surface area contributed by atoms with Gasteiger partial charge in [0.05, 0.1) is 10.5 Å². The Bertz CT molecular complexity index is 730. The molecule has 0 aliphatic carbocycles. The summed E-state index contributed by atoms with van der Waals surface area (Å²) in [5.74, 6) is -0.264. The maximum atomic E-state index is 12.7. The molecule has 5 nitrogen and oxygen atoms in total. The van der Waals surface area contributed by atoms with E-state index in [4.69, 9.17) is 0 Å². The van der Waals surface area contributed by atoms with E-state index in [-0.39, 0.29) is 10.8 Å². The highest BCUT2D eigenvalue weighted by atomic mass is 79.9. The van der Waals surface area contributed by atoms with Gasteiger partial charge in [-0.3, -0.25) is 4.79 Å². The van der Waals surface area contributed by atoms with Gasteiger partial charge < -0.3 is 4.90 Å². The van der Waals surface area contributed by atoms with Gasteiger partial charge in [-0.25, -0.2) is 8.42 Å². The fourth-order valence-electron chi connectivity index (χ4n) is 2.63. The van der Waals surface area contributed by atoms with Crippen LogP contribution >= 0.6 is 15.9 Å². The summed E-state index contributed by atoms with van der Waals surface area (Å²) in [4.78, 5) is 14.4. The fraction of sp³-hybridized carbons (Fsp3) is 0.353. The normalized spacial score (nSPS) is 15.2. The number of nitrogens with zero attached hydrogens (tertiary/aromatic N) is 2. The monoisotopic (exact) mass is 412 g/mol. The quantitative estimate of drug-likeness (QED) is 0.646. The highest BCUT2D eigenvalue weighted by Crippen LogP contribution is 2.26. The highest BCUT2D eigenvalue weighted by molar-refractivity contribution is 9.10. The van der Waals surface area contributed by atoms with Gasteiger partial charge in [-0.15, -0.1) is 13.2 Å². The summed E-state index contributed by atoms with van der Waals surface area (Å²) in [7, 11) is -3.56. The van der Waals surface area contributed by atoms with E-state index in [1.54, 1.807) is 23.1 Å². The molecule has 1 saturated heterocycles. The first-order valence-corrected chi connectivity index (χ1v) is 9.96. The zero-order chi connectivity index (χ0) is 17.7. The zero-order valence-corrected chi connectivity index (χ0v) is 15.9. The molecule has 1 aromatic carbocycles. The number of carbonyl (C=O) groups excluding carboxylic acids is 1. The summed E-state index contributed by atoms with van der Waals surface area (Å²) >= 11 is 3.34. The predicted molar refractivity (Wildman–Crippen MR) is 98.4 cm³/mol. The predicted octanol–water partition coefficient (Wildman–Crippen LogP) is 3.05. The molecule has 24 heavy (non-hydrogen) atoms. The lowest BCUT2D eigenvalue weighted by molar-refractivity contribution is 0.0789. The Balaban J connectivity index is 2.39. The SMILES string of the molecule is C=CCN(CC=C)C(=O)c1cc(S(=O)(=O)N2CCCC2)ccc1Br. The van der Waals surface area contributed by atoms with Crippen LogP contribution in [0.15, 0.2) is 52.9 Å². The third-order valence-electron chi connectivity index (χ3n) is 3.86.